The predicted octanol–water partition coefficient (Wildman–Crippen LogP) is 4.40. The van der Waals surface area contributed by atoms with Crippen LogP contribution in [0.2, 0.25) is 0 Å². The number of anilines is 1. The van der Waals surface area contributed by atoms with Gasteiger partial charge in [-0.15, -0.1) is 0 Å². The van der Waals surface area contributed by atoms with E-state index in [-0.39, 0.29) is 5.75 Å². The lowest BCUT2D eigenvalue weighted by Gasteiger charge is -2.10. The number of nitrogens with zero attached hydrogens (tertiary/aromatic N) is 1. The van der Waals surface area contributed by atoms with E-state index in [1.165, 1.54) is 12.1 Å². The lowest BCUT2D eigenvalue weighted by atomic mass is 10.2. The number of hydrogen-bond donors (Lipinski definition) is 1. The molecule has 0 fully saturated rings. The molecule has 0 amide bonds. The standard InChI is InChI=1S/C14H12BrF3N2O/c15-11-5-10(6-19-8-11)7-20-12-1-3-13(4-2-12)21-9-14(16,17)18/h1-6,8,20H,7,9H2. The molecule has 2 rings (SSSR count). The van der Waals surface area contributed by atoms with Crippen LogP contribution in [0.3, 0.4) is 0 Å². The summed E-state index contributed by atoms with van der Waals surface area (Å²) in [6, 6.07) is 8.25. The molecule has 0 radical (unpaired) electrons. The second-order valence-electron chi connectivity index (χ2n) is 4.29. The van der Waals surface area contributed by atoms with Crippen LogP contribution in [0.25, 0.3) is 0 Å². The highest BCUT2D eigenvalue weighted by molar-refractivity contribution is 9.10. The van der Waals surface area contributed by atoms with E-state index in [0.29, 0.717) is 6.54 Å². The average Bonchev–Trinajstić information content (AvgIpc) is 2.43. The molecule has 0 atom stereocenters. The van der Waals surface area contributed by atoms with Gasteiger partial charge in [-0.3, -0.25) is 4.98 Å². The number of alkyl halides is 3. The summed E-state index contributed by atoms with van der Waals surface area (Å²) < 4.78 is 41.6. The molecule has 1 N–H and O–H groups in total. The molecule has 0 aliphatic heterocycles. The van der Waals surface area contributed by atoms with E-state index in [0.717, 1.165) is 15.7 Å². The molecular weight excluding hydrogens is 349 g/mol. The molecule has 0 bridgehead atoms. The molecule has 3 nitrogen and oxygen atoms in total. The number of rotatable bonds is 5. The van der Waals surface area contributed by atoms with Crippen molar-refractivity contribution in [2.75, 3.05) is 11.9 Å². The zero-order valence-electron chi connectivity index (χ0n) is 10.8. The van der Waals surface area contributed by atoms with Crippen molar-refractivity contribution >= 4 is 21.6 Å². The third-order valence-electron chi connectivity index (χ3n) is 2.51. The molecule has 112 valence electrons. The summed E-state index contributed by atoms with van der Waals surface area (Å²) in [5, 5.41) is 3.15. The fourth-order valence-electron chi connectivity index (χ4n) is 1.59. The number of nitrogens with one attached hydrogen (secondary N) is 1. The maximum atomic E-state index is 12.0. The highest BCUT2D eigenvalue weighted by Crippen LogP contribution is 2.20. The summed E-state index contributed by atoms with van der Waals surface area (Å²) in [6.45, 7) is -0.724. The summed E-state index contributed by atoms with van der Waals surface area (Å²) in [5.41, 5.74) is 1.77. The highest BCUT2D eigenvalue weighted by atomic mass is 79.9. The number of ether oxygens (including phenoxy) is 1. The van der Waals surface area contributed by atoms with Crippen LogP contribution >= 0.6 is 15.9 Å². The van der Waals surface area contributed by atoms with Crippen LogP contribution in [0.4, 0.5) is 18.9 Å². The molecule has 1 aromatic heterocycles. The van der Waals surface area contributed by atoms with Gasteiger partial charge in [0, 0.05) is 29.1 Å². The minimum Gasteiger partial charge on any atom is -0.484 e. The maximum Gasteiger partial charge on any atom is 0.422 e. The van der Waals surface area contributed by atoms with Gasteiger partial charge in [-0.2, -0.15) is 13.2 Å². The molecule has 1 aromatic carbocycles. The van der Waals surface area contributed by atoms with Crippen molar-refractivity contribution in [2.45, 2.75) is 12.7 Å². The minimum absolute atomic E-state index is 0.182. The third-order valence-corrected chi connectivity index (χ3v) is 2.95. The molecule has 0 aliphatic carbocycles. The Bertz CT molecular complexity index is 588. The van der Waals surface area contributed by atoms with Crippen molar-refractivity contribution in [2.24, 2.45) is 0 Å². The molecule has 0 aliphatic rings. The van der Waals surface area contributed by atoms with Gasteiger partial charge in [-0.25, -0.2) is 0 Å². The quantitative estimate of drug-likeness (QED) is 0.858. The van der Waals surface area contributed by atoms with E-state index in [4.69, 9.17) is 0 Å². The van der Waals surface area contributed by atoms with E-state index in [2.05, 4.69) is 31.0 Å². The summed E-state index contributed by atoms with van der Waals surface area (Å²) in [4.78, 5) is 4.04. The van der Waals surface area contributed by atoms with E-state index in [1.807, 2.05) is 6.07 Å². The Morgan fingerprint density at radius 1 is 1.14 bits per heavy atom. The first-order valence-corrected chi connectivity index (χ1v) is 6.84. The van der Waals surface area contributed by atoms with Crippen LogP contribution in [0, 0.1) is 0 Å². The Morgan fingerprint density at radius 2 is 1.86 bits per heavy atom. The molecule has 0 saturated carbocycles. The van der Waals surface area contributed by atoms with Crippen LogP contribution in [0.5, 0.6) is 5.75 Å². The van der Waals surface area contributed by atoms with Gasteiger partial charge in [0.2, 0.25) is 0 Å². The number of benzene rings is 1. The van der Waals surface area contributed by atoms with Crippen molar-refractivity contribution in [1.82, 2.24) is 4.98 Å². The Kier molecular flexibility index (Phi) is 5.06. The summed E-state index contributed by atoms with van der Waals surface area (Å²) >= 11 is 3.33. The normalized spacial score (nSPS) is 11.2. The topological polar surface area (TPSA) is 34.1 Å². The second-order valence-corrected chi connectivity index (χ2v) is 5.21. The lowest BCUT2D eigenvalue weighted by Crippen LogP contribution is -2.19. The summed E-state index contributed by atoms with van der Waals surface area (Å²) in [6.07, 6.45) is -0.903. The largest absolute Gasteiger partial charge is 0.484 e. The number of halogens is 4. The Hall–Kier alpha value is -1.76. The van der Waals surface area contributed by atoms with Crippen LogP contribution in [0.1, 0.15) is 5.56 Å². The molecular formula is C14H12BrF3N2O. The van der Waals surface area contributed by atoms with Crippen molar-refractivity contribution in [3.63, 3.8) is 0 Å². The number of aromatic nitrogens is 1. The Labute approximate surface area is 128 Å². The first-order valence-electron chi connectivity index (χ1n) is 6.05. The monoisotopic (exact) mass is 360 g/mol. The molecule has 7 heteroatoms. The van der Waals surface area contributed by atoms with Gasteiger partial charge in [-0.05, 0) is 51.8 Å². The van der Waals surface area contributed by atoms with Gasteiger partial charge < -0.3 is 10.1 Å². The van der Waals surface area contributed by atoms with Crippen LogP contribution in [0.15, 0.2) is 47.2 Å². The second kappa shape index (κ2) is 6.80. The molecule has 0 saturated heterocycles. The van der Waals surface area contributed by atoms with Gasteiger partial charge in [0.1, 0.15) is 5.75 Å². The highest BCUT2D eigenvalue weighted by Gasteiger charge is 2.28. The Morgan fingerprint density at radius 3 is 2.48 bits per heavy atom. The summed E-state index contributed by atoms with van der Waals surface area (Å²) in [7, 11) is 0. The van der Waals surface area contributed by atoms with E-state index in [9.17, 15) is 13.2 Å². The van der Waals surface area contributed by atoms with Gasteiger partial charge in [0.15, 0.2) is 6.61 Å². The van der Waals surface area contributed by atoms with Crippen LogP contribution in [-0.4, -0.2) is 17.8 Å². The number of hydrogen-bond acceptors (Lipinski definition) is 3. The van der Waals surface area contributed by atoms with E-state index in [1.54, 1.807) is 24.5 Å². The first-order chi connectivity index (χ1) is 9.92. The van der Waals surface area contributed by atoms with E-state index < -0.39 is 12.8 Å². The summed E-state index contributed by atoms with van der Waals surface area (Å²) in [5.74, 6) is 0.182. The molecule has 2 aromatic rings. The zero-order valence-corrected chi connectivity index (χ0v) is 12.4. The average molecular weight is 361 g/mol. The maximum absolute atomic E-state index is 12.0. The number of pyridine rings is 1. The van der Waals surface area contributed by atoms with Crippen LogP contribution < -0.4 is 10.1 Å². The Balaban J connectivity index is 1.87. The van der Waals surface area contributed by atoms with E-state index >= 15 is 0 Å². The molecule has 21 heavy (non-hydrogen) atoms. The molecule has 0 unspecified atom stereocenters. The van der Waals surface area contributed by atoms with Crippen molar-refractivity contribution < 1.29 is 17.9 Å². The smallest absolute Gasteiger partial charge is 0.422 e. The molecule has 1 heterocycles. The third kappa shape index (κ3) is 5.63. The van der Waals surface area contributed by atoms with Gasteiger partial charge in [0.05, 0.1) is 0 Å². The van der Waals surface area contributed by atoms with Gasteiger partial charge in [-0.1, -0.05) is 0 Å². The fraction of sp³-hybridized carbons (Fsp3) is 0.214. The fourth-order valence-corrected chi connectivity index (χ4v) is 2.00. The van der Waals surface area contributed by atoms with Crippen LogP contribution in [-0.2, 0) is 6.54 Å². The zero-order chi connectivity index (χ0) is 15.3. The van der Waals surface area contributed by atoms with Gasteiger partial charge in [0.25, 0.3) is 0 Å². The van der Waals surface area contributed by atoms with Crippen molar-refractivity contribution in [3.8, 4) is 5.75 Å². The van der Waals surface area contributed by atoms with Crippen molar-refractivity contribution in [3.05, 3.63) is 52.8 Å². The predicted molar refractivity (Wildman–Crippen MR) is 77.3 cm³/mol. The minimum atomic E-state index is -4.33. The van der Waals surface area contributed by atoms with Crippen molar-refractivity contribution in [1.29, 1.82) is 0 Å². The lowest BCUT2D eigenvalue weighted by molar-refractivity contribution is -0.153. The SMILES string of the molecule is FC(F)(F)COc1ccc(NCc2cncc(Br)c2)cc1. The van der Waals surface area contributed by atoms with Gasteiger partial charge >= 0.3 is 6.18 Å². The molecule has 0 spiro atoms. The first kappa shape index (κ1) is 15.6.